The summed E-state index contributed by atoms with van der Waals surface area (Å²) in [6.07, 6.45) is 1.97. The van der Waals surface area contributed by atoms with Gasteiger partial charge in [0.15, 0.2) is 5.78 Å². The summed E-state index contributed by atoms with van der Waals surface area (Å²) in [5, 5.41) is 14.2. The Morgan fingerprint density at radius 2 is 2.20 bits per heavy atom. The predicted octanol–water partition coefficient (Wildman–Crippen LogP) is 3.05. The van der Waals surface area contributed by atoms with Crippen LogP contribution in [0, 0.1) is 23.7 Å². The molecule has 0 amide bonds. The summed E-state index contributed by atoms with van der Waals surface area (Å²) in [6.45, 7) is 8.78. The van der Waals surface area contributed by atoms with Gasteiger partial charge in [-0.3, -0.25) is 9.48 Å². The maximum atomic E-state index is 12.9. The number of aromatic nitrogens is 2. The lowest BCUT2D eigenvalue weighted by Gasteiger charge is -2.37. The normalized spacial score (nSPS) is 22.5. The molecule has 0 unspecified atom stereocenters. The second kappa shape index (κ2) is 6.07. The van der Waals surface area contributed by atoms with Gasteiger partial charge in [0.1, 0.15) is 17.4 Å². The number of nitrogens with two attached hydrogens (primary N) is 1. The molecule has 6 nitrogen and oxygen atoms in total. The van der Waals surface area contributed by atoms with Crippen molar-refractivity contribution in [2.75, 3.05) is 0 Å². The Bertz CT molecular complexity index is 836. The van der Waals surface area contributed by atoms with Crippen molar-refractivity contribution < 1.29 is 9.53 Å². The van der Waals surface area contributed by atoms with E-state index in [0.29, 0.717) is 29.7 Å². The fourth-order valence-electron chi connectivity index (χ4n) is 3.77. The van der Waals surface area contributed by atoms with Crippen molar-refractivity contribution >= 4 is 5.78 Å². The van der Waals surface area contributed by atoms with Crippen LogP contribution in [0.2, 0.25) is 0 Å². The summed E-state index contributed by atoms with van der Waals surface area (Å²) >= 11 is 0. The first-order valence-electron chi connectivity index (χ1n) is 8.65. The zero-order valence-corrected chi connectivity index (χ0v) is 15.2. The number of hydrogen-bond acceptors (Lipinski definition) is 5. The number of aryl methyl sites for hydroxylation is 2. The van der Waals surface area contributed by atoms with Gasteiger partial charge in [0.2, 0.25) is 5.88 Å². The number of ketones is 1. The quantitative estimate of drug-likeness (QED) is 0.912. The molecule has 0 aromatic carbocycles. The van der Waals surface area contributed by atoms with Crippen molar-refractivity contribution in [3.63, 3.8) is 0 Å². The van der Waals surface area contributed by atoms with E-state index in [2.05, 4.69) is 18.1 Å². The molecule has 0 bridgehead atoms. The van der Waals surface area contributed by atoms with Gasteiger partial charge in [0.25, 0.3) is 0 Å². The third-order valence-electron chi connectivity index (χ3n) is 4.74. The third-order valence-corrected chi connectivity index (χ3v) is 4.74. The van der Waals surface area contributed by atoms with Crippen LogP contribution in [0.4, 0.5) is 0 Å². The molecule has 3 rings (SSSR count). The minimum atomic E-state index is -0.495. The molecule has 1 atom stereocenters. The van der Waals surface area contributed by atoms with Gasteiger partial charge in [-0.1, -0.05) is 20.8 Å². The minimum Gasteiger partial charge on any atom is -0.444 e. The number of ether oxygens (including phenoxy) is 1. The van der Waals surface area contributed by atoms with Crippen molar-refractivity contribution in [3.05, 3.63) is 40.2 Å². The van der Waals surface area contributed by atoms with Gasteiger partial charge >= 0.3 is 0 Å². The lowest BCUT2D eigenvalue weighted by atomic mass is 9.71. The van der Waals surface area contributed by atoms with Gasteiger partial charge in [-0.2, -0.15) is 10.4 Å². The fraction of sp³-hybridized carbons (Fsp3) is 0.526. The molecule has 0 spiro atoms. The maximum Gasteiger partial charge on any atom is 0.205 e. The summed E-state index contributed by atoms with van der Waals surface area (Å²) in [7, 11) is 0. The van der Waals surface area contributed by atoms with E-state index in [1.165, 1.54) is 0 Å². The van der Waals surface area contributed by atoms with Gasteiger partial charge in [0.05, 0.1) is 17.3 Å². The zero-order chi connectivity index (χ0) is 18.4. The Labute approximate surface area is 147 Å². The van der Waals surface area contributed by atoms with Gasteiger partial charge in [-0.05, 0) is 24.8 Å². The van der Waals surface area contributed by atoms with Crippen molar-refractivity contribution in [3.8, 4) is 6.07 Å². The molecule has 2 heterocycles. The van der Waals surface area contributed by atoms with Gasteiger partial charge in [-0.15, -0.1) is 0 Å². The molecule has 0 saturated heterocycles. The molecule has 6 heteroatoms. The monoisotopic (exact) mass is 340 g/mol. The van der Waals surface area contributed by atoms with Crippen LogP contribution in [0.3, 0.4) is 0 Å². The van der Waals surface area contributed by atoms with Crippen LogP contribution in [0.15, 0.2) is 28.9 Å². The van der Waals surface area contributed by atoms with Crippen LogP contribution in [0.1, 0.15) is 57.3 Å². The molecule has 0 radical (unpaired) electrons. The van der Waals surface area contributed by atoms with Crippen LogP contribution in [-0.2, 0) is 16.1 Å². The van der Waals surface area contributed by atoms with Gasteiger partial charge < -0.3 is 10.5 Å². The van der Waals surface area contributed by atoms with E-state index in [4.69, 9.17) is 10.5 Å². The lowest BCUT2D eigenvalue weighted by molar-refractivity contribution is -0.119. The van der Waals surface area contributed by atoms with E-state index in [1.54, 1.807) is 0 Å². The highest BCUT2D eigenvalue weighted by Gasteiger charge is 2.44. The number of Topliss-reactive ketones (excluding diaryl/α,β-unsaturated/α-hetero) is 1. The van der Waals surface area contributed by atoms with Gasteiger partial charge in [-0.25, -0.2) is 0 Å². The summed E-state index contributed by atoms with van der Waals surface area (Å²) in [5.74, 6) is 0.229. The standard InChI is InChI=1S/C19H24N4O2/c1-5-6-23-13(7-11(2)22-23)16-12(10-20)18(21)25-15-9-19(3,4)8-14(24)17(15)16/h7,16H,5-6,8-9,21H2,1-4H3/t16-/m0/s1. The van der Waals surface area contributed by atoms with Crippen molar-refractivity contribution in [1.82, 2.24) is 9.78 Å². The number of rotatable bonds is 3. The zero-order valence-electron chi connectivity index (χ0n) is 15.2. The summed E-state index contributed by atoms with van der Waals surface area (Å²) in [6, 6.07) is 4.10. The SMILES string of the molecule is CCCn1nc(C)cc1[C@@H]1C(C#N)=C(N)OC2=C1C(=O)CC(C)(C)C2. The van der Waals surface area contributed by atoms with E-state index in [0.717, 1.165) is 24.4 Å². The number of nitriles is 1. The number of carbonyl (C=O) groups excluding carboxylic acids is 1. The predicted molar refractivity (Wildman–Crippen MR) is 93.0 cm³/mol. The van der Waals surface area contributed by atoms with Crippen LogP contribution in [0.25, 0.3) is 0 Å². The fourth-order valence-corrected chi connectivity index (χ4v) is 3.77. The second-order valence-electron chi connectivity index (χ2n) is 7.64. The summed E-state index contributed by atoms with van der Waals surface area (Å²) in [4.78, 5) is 12.9. The summed E-state index contributed by atoms with van der Waals surface area (Å²) < 4.78 is 7.60. The topological polar surface area (TPSA) is 93.9 Å². The largest absolute Gasteiger partial charge is 0.444 e. The number of allylic oxidation sites excluding steroid dienone is 3. The van der Waals surface area contributed by atoms with E-state index in [-0.39, 0.29) is 17.1 Å². The molecule has 2 aliphatic rings. The molecule has 25 heavy (non-hydrogen) atoms. The maximum absolute atomic E-state index is 12.9. The van der Waals surface area contributed by atoms with Crippen LogP contribution in [0.5, 0.6) is 0 Å². The van der Waals surface area contributed by atoms with E-state index in [1.807, 2.05) is 31.5 Å². The molecule has 1 aromatic heterocycles. The average Bonchev–Trinajstić information content (AvgIpc) is 2.85. The first kappa shape index (κ1) is 17.3. The summed E-state index contributed by atoms with van der Waals surface area (Å²) in [5.41, 5.74) is 8.43. The number of carbonyl (C=O) groups is 1. The molecule has 2 N–H and O–H groups in total. The average molecular weight is 340 g/mol. The number of hydrogen-bond donors (Lipinski definition) is 1. The molecular formula is C19H24N4O2. The van der Waals surface area contributed by atoms with Crippen LogP contribution in [-0.4, -0.2) is 15.6 Å². The molecule has 0 fully saturated rings. The Hall–Kier alpha value is -2.55. The Kier molecular flexibility index (Phi) is 4.19. The Balaban J connectivity index is 2.20. The van der Waals surface area contributed by atoms with Crippen LogP contribution >= 0.6 is 0 Å². The van der Waals surface area contributed by atoms with Crippen molar-refractivity contribution in [1.29, 1.82) is 5.26 Å². The van der Waals surface area contributed by atoms with E-state index < -0.39 is 5.92 Å². The smallest absolute Gasteiger partial charge is 0.205 e. The molecule has 0 saturated carbocycles. The second-order valence-corrected chi connectivity index (χ2v) is 7.64. The Morgan fingerprint density at radius 1 is 1.48 bits per heavy atom. The molecule has 1 aliphatic heterocycles. The highest BCUT2D eigenvalue weighted by atomic mass is 16.5. The van der Waals surface area contributed by atoms with E-state index in [9.17, 15) is 10.1 Å². The highest BCUT2D eigenvalue weighted by Crippen LogP contribution is 2.47. The first-order chi connectivity index (χ1) is 11.8. The minimum absolute atomic E-state index is 0.0263. The first-order valence-corrected chi connectivity index (χ1v) is 8.65. The highest BCUT2D eigenvalue weighted by molar-refractivity contribution is 5.99. The van der Waals surface area contributed by atoms with Crippen LogP contribution < -0.4 is 5.73 Å². The van der Waals surface area contributed by atoms with E-state index >= 15 is 0 Å². The molecule has 1 aromatic rings. The Morgan fingerprint density at radius 3 is 2.84 bits per heavy atom. The lowest BCUT2D eigenvalue weighted by Crippen LogP contribution is -2.34. The molecular weight excluding hydrogens is 316 g/mol. The third kappa shape index (κ3) is 2.95. The van der Waals surface area contributed by atoms with Gasteiger partial charge in [0, 0.05) is 25.0 Å². The van der Waals surface area contributed by atoms with Crippen molar-refractivity contribution in [2.24, 2.45) is 11.1 Å². The number of nitrogens with zero attached hydrogens (tertiary/aromatic N) is 3. The molecule has 132 valence electrons. The van der Waals surface area contributed by atoms with Crippen molar-refractivity contribution in [2.45, 2.75) is 59.4 Å². The molecule has 1 aliphatic carbocycles.